The van der Waals surface area contributed by atoms with E-state index < -0.39 is 0 Å². The average Bonchev–Trinajstić information content (AvgIpc) is 2.18. The number of esters is 1. The van der Waals surface area contributed by atoms with Gasteiger partial charge in [0.1, 0.15) is 0 Å². The molecule has 0 saturated carbocycles. The van der Waals surface area contributed by atoms with E-state index in [0.717, 1.165) is 24.8 Å². The molecule has 3 nitrogen and oxygen atoms in total. The zero-order valence-corrected chi connectivity index (χ0v) is 8.30. The van der Waals surface area contributed by atoms with E-state index in [-0.39, 0.29) is 12.0 Å². The summed E-state index contributed by atoms with van der Waals surface area (Å²) in [6.45, 7) is 2.28. The van der Waals surface area contributed by atoms with Crippen molar-refractivity contribution in [3.8, 4) is 0 Å². The van der Waals surface area contributed by atoms with Crippen molar-refractivity contribution in [1.82, 2.24) is 5.32 Å². The van der Waals surface area contributed by atoms with Crippen LogP contribution in [0.15, 0.2) is 11.6 Å². The summed E-state index contributed by atoms with van der Waals surface area (Å²) in [7, 11) is 1.88. The van der Waals surface area contributed by atoms with Gasteiger partial charge < -0.3 is 10.1 Å². The van der Waals surface area contributed by atoms with Crippen molar-refractivity contribution in [2.24, 2.45) is 0 Å². The number of carbonyl (C=O) groups excluding carboxylic acids is 1. The molecule has 0 amide bonds. The number of likely N-dealkylation sites (N-methyl/N-ethyl adjacent to an activating group) is 1. The Hall–Kier alpha value is -0.830. The number of ether oxygens (including phenoxy) is 1. The highest BCUT2D eigenvalue weighted by Gasteiger charge is 2.22. The Morgan fingerprint density at radius 1 is 1.77 bits per heavy atom. The quantitative estimate of drug-likeness (QED) is 0.669. The molecule has 1 atom stereocenters. The van der Waals surface area contributed by atoms with Crippen LogP contribution in [0.2, 0.25) is 0 Å². The van der Waals surface area contributed by atoms with E-state index in [0.29, 0.717) is 6.61 Å². The minimum atomic E-state index is -0.165. The first-order valence-electron chi connectivity index (χ1n) is 4.84. The topological polar surface area (TPSA) is 38.3 Å². The van der Waals surface area contributed by atoms with Gasteiger partial charge in [-0.25, -0.2) is 4.79 Å². The van der Waals surface area contributed by atoms with Crippen LogP contribution in [0.3, 0.4) is 0 Å². The Balaban J connectivity index is 2.63. The summed E-state index contributed by atoms with van der Waals surface area (Å²) in [5, 5.41) is 3.12. The van der Waals surface area contributed by atoms with Gasteiger partial charge in [-0.3, -0.25) is 0 Å². The van der Waals surface area contributed by atoms with E-state index in [1.807, 2.05) is 20.0 Å². The van der Waals surface area contributed by atoms with Crippen LogP contribution in [0, 0.1) is 0 Å². The lowest BCUT2D eigenvalue weighted by Gasteiger charge is -2.22. The maximum atomic E-state index is 11.4. The molecule has 0 fully saturated rings. The van der Waals surface area contributed by atoms with Crippen LogP contribution in [0.25, 0.3) is 0 Å². The first-order chi connectivity index (χ1) is 6.29. The highest BCUT2D eigenvalue weighted by molar-refractivity contribution is 5.90. The lowest BCUT2D eigenvalue weighted by molar-refractivity contribution is -0.139. The van der Waals surface area contributed by atoms with E-state index in [2.05, 4.69) is 5.32 Å². The number of allylic oxidation sites excluding steroid dienone is 1. The molecule has 3 heteroatoms. The Bertz CT molecular complexity index is 211. The predicted octanol–water partition coefficient (Wildman–Crippen LogP) is 1.25. The molecular formula is C10H17NO2. The molecule has 0 heterocycles. The number of nitrogens with one attached hydrogen (secondary N) is 1. The molecule has 0 radical (unpaired) electrons. The SMILES string of the molecule is CCOC(=O)C1=CCCCC1NC. The number of hydrogen-bond acceptors (Lipinski definition) is 3. The third-order valence-corrected chi connectivity index (χ3v) is 2.30. The van der Waals surface area contributed by atoms with Crippen LogP contribution in [0.5, 0.6) is 0 Å². The van der Waals surface area contributed by atoms with Crippen LogP contribution in [0.4, 0.5) is 0 Å². The molecule has 0 aromatic rings. The molecule has 0 aromatic heterocycles. The Kier molecular flexibility index (Phi) is 3.96. The Morgan fingerprint density at radius 3 is 3.15 bits per heavy atom. The number of carbonyl (C=O) groups is 1. The largest absolute Gasteiger partial charge is 0.463 e. The second kappa shape index (κ2) is 5.02. The van der Waals surface area contributed by atoms with E-state index in [1.54, 1.807) is 0 Å². The van der Waals surface area contributed by atoms with E-state index in [9.17, 15) is 4.79 Å². The average molecular weight is 183 g/mol. The van der Waals surface area contributed by atoms with Crippen molar-refractivity contribution in [2.45, 2.75) is 32.2 Å². The minimum absolute atomic E-state index is 0.165. The van der Waals surface area contributed by atoms with Crippen LogP contribution < -0.4 is 5.32 Å². The number of hydrogen-bond donors (Lipinski definition) is 1. The van der Waals surface area contributed by atoms with Gasteiger partial charge in [-0.2, -0.15) is 0 Å². The standard InChI is InChI=1S/C10H17NO2/c1-3-13-10(12)8-6-4-5-7-9(8)11-2/h6,9,11H,3-5,7H2,1-2H3. The van der Waals surface area contributed by atoms with Crippen LogP contribution in [0.1, 0.15) is 26.2 Å². The molecule has 0 aliphatic heterocycles. The van der Waals surface area contributed by atoms with Crippen molar-refractivity contribution in [3.05, 3.63) is 11.6 Å². The van der Waals surface area contributed by atoms with E-state index in [4.69, 9.17) is 4.74 Å². The molecular weight excluding hydrogens is 166 g/mol. The Morgan fingerprint density at radius 2 is 2.54 bits per heavy atom. The summed E-state index contributed by atoms with van der Waals surface area (Å²) < 4.78 is 4.97. The third-order valence-electron chi connectivity index (χ3n) is 2.30. The van der Waals surface area contributed by atoms with Crippen molar-refractivity contribution in [2.75, 3.05) is 13.7 Å². The van der Waals surface area contributed by atoms with Gasteiger partial charge in [0.2, 0.25) is 0 Å². The fraction of sp³-hybridized carbons (Fsp3) is 0.700. The lowest BCUT2D eigenvalue weighted by atomic mass is 9.94. The van der Waals surface area contributed by atoms with Gasteiger partial charge in [0, 0.05) is 6.04 Å². The molecule has 13 heavy (non-hydrogen) atoms. The molecule has 1 aliphatic carbocycles. The van der Waals surface area contributed by atoms with Crippen LogP contribution in [-0.2, 0) is 9.53 Å². The molecule has 1 aliphatic rings. The summed E-state index contributed by atoms with van der Waals surface area (Å²) in [6, 6.07) is 0.188. The van der Waals surface area contributed by atoms with E-state index >= 15 is 0 Å². The molecule has 1 rings (SSSR count). The highest BCUT2D eigenvalue weighted by Crippen LogP contribution is 2.19. The van der Waals surface area contributed by atoms with Crippen molar-refractivity contribution < 1.29 is 9.53 Å². The summed E-state index contributed by atoms with van der Waals surface area (Å²) in [5.74, 6) is -0.165. The van der Waals surface area contributed by atoms with Gasteiger partial charge in [0.15, 0.2) is 0 Å². The van der Waals surface area contributed by atoms with Gasteiger partial charge in [-0.05, 0) is 33.2 Å². The smallest absolute Gasteiger partial charge is 0.335 e. The highest BCUT2D eigenvalue weighted by atomic mass is 16.5. The van der Waals surface area contributed by atoms with Gasteiger partial charge in [0.05, 0.1) is 12.2 Å². The zero-order valence-electron chi connectivity index (χ0n) is 8.30. The van der Waals surface area contributed by atoms with Crippen LogP contribution in [-0.4, -0.2) is 25.7 Å². The monoisotopic (exact) mass is 183 g/mol. The molecule has 0 bridgehead atoms. The summed E-state index contributed by atoms with van der Waals surface area (Å²) in [6.07, 6.45) is 5.16. The van der Waals surface area contributed by atoms with Gasteiger partial charge in [-0.15, -0.1) is 0 Å². The van der Waals surface area contributed by atoms with E-state index in [1.165, 1.54) is 0 Å². The molecule has 0 saturated heterocycles. The molecule has 74 valence electrons. The Labute approximate surface area is 79.2 Å². The summed E-state index contributed by atoms with van der Waals surface area (Å²) in [5.41, 5.74) is 0.801. The van der Waals surface area contributed by atoms with Gasteiger partial charge >= 0.3 is 5.97 Å². The predicted molar refractivity (Wildman–Crippen MR) is 51.4 cm³/mol. The lowest BCUT2D eigenvalue weighted by Crippen LogP contribution is -2.33. The maximum Gasteiger partial charge on any atom is 0.335 e. The first kappa shape index (κ1) is 10.3. The first-order valence-corrected chi connectivity index (χ1v) is 4.84. The zero-order chi connectivity index (χ0) is 9.68. The van der Waals surface area contributed by atoms with Crippen molar-refractivity contribution in [3.63, 3.8) is 0 Å². The molecule has 0 aromatic carbocycles. The summed E-state index contributed by atoms with van der Waals surface area (Å²) >= 11 is 0. The maximum absolute atomic E-state index is 11.4. The minimum Gasteiger partial charge on any atom is -0.463 e. The second-order valence-corrected chi connectivity index (χ2v) is 3.15. The molecule has 0 spiro atoms. The second-order valence-electron chi connectivity index (χ2n) is 3.15. The normalized spacial score (nSPS) is 22.3. The van der Waals surface area contributed by atoms with Crippen molar-refractivity contribution >= 4 is 5.97 Å². The van der Waals surface area contributed by atoms with Gasteiger partial charge in [0.25, 0.3) is 0 Å². The molecule has 1 N–H and O–H groups in total. The third kappa shape index (κ3) is 2.56. The number of rotatable bonds is 3. The fourth-order valence-corrected chi connectivity index (χ4v) is 1.62. The van der Waals surface area contributed by atoms with Crippen LogP contribution >= 0.6 is 0 Å². The molecule has 1 unspecified atom stereocenters. The summed E-state index contributed by atoms with van der Waals surface area (Å²) in [4.78, 5) is 11.4. The van der Waals surface area contributed by atoms with Crippen molar-refractivity contribution in [1.29, 1.82) is 0 Å². The fourth-order valence-electron chi connectivity index (χ4n) is 1.62. The van der Waals surface area contributed by atoms with Gasteiger partial charge in [-0.1, -0.05) is 6.08 Å².